The van der Waals surface area contributed by atoms with Gasteiger partial charge in [0.15, 0.2) is 0 Å². The lowest BCUT2D eigenvalue weighted by atomic mass is 10.1. The standard InChI is InChI=1S/C16H21N3O2/c1-12-14(11-18-19-12)6-4-8-17-16(20)10-13-5-3-7-15(9-13)21-2/h3,5,7,9,11H,4,6,8,10H2,1-2H3,(H,17,20)(H,18,19). The van der Waals surface area contributed by atoms with Crippen LogP contribution in [-0.4, -0.2) is 29.8 Å². The molecule has 0 spiro atoms. The number of carbonyl (C=O) groups is 1. The summed E-state index contributed by atoms with van der Waals surface area (Å²) in [5.74, 6) is 0.808. The zero-order valence-electron chi connectivity index (χ0n) is 12.5. The molecule has 1 aromatic carbocycles. The Hall–Kier alpha value is -2.30. The third-order valence-corrected chi connectivity index (χ3v) is 3.38. The first-order valence-electron chi connectivity index (χ1n) is 7.07. The number of aromatic amines is 1. The molecule has 21 heavy (non-hydrogen) atoms. The molecule has 0 aliphatic heterocycles. The average Bonchev–Trinajstić information content (AvgIpc) is 2.89. The molecule has 0 saturated heterocycles. The summed E-state index contributed by atoms with van der Waals surface area (Å²) in [6.45, 7) is 2.68. The van der Waals surface area contributed by atoms with Crippen molar-refractivity contribution in [1.82, 2.24) is 15.5 Å². The second-order valence-corrected chi connectivity index (χ2v) is 5.00. The maximum absolute atomic E-state index is 11.9. The molecule has 1 heterocycles. The van der Waals surface area contributed by atoms with Crippen molar-refractivity contribution in [3.05, 3.63) is 47.3 Å². The summed E-state index contributed by atoms with van der Waals surface area (Å²) in [6.07, 6.45) is 4.04. The van der Waals surface area contributed by atoms with Gasteiger partial charge in [-0.2, -0.15) is 5.10 Å². The quantitative estimate of drug-likeness (QED) is 0.766. The van der Waals surface area contributed by atoms with E-state index in [4.69, 9.17) is 4.74 Å². The summed E-state index contributed by atoms with van der Waals surface area (Å²) in [5.41, 5.74) is 3.26. The molecule has 0 aliphatic carbocycles. The molecule has 1 amide bonds. The second kappa shape index (κ2) is 7.47. The summed E-state index contributed by atoms with van der Waals surface area (Å²) < 4.78 is 5.15. The highest BCUT2D eigenvalue weighted by atomic mass is 16.5. The maximum atomic E-state index is 11.9. The number of methoxy groups -OCH3 is 1. The fourth-order valence-corrected chi connectivity index (χ4v) is 2.16. The van der Waals surface area contributed by atoms with Crippen LogP contribution in [0.15, 0.2) is 30.5 Å². The molecule has 0 saturated carbocycles. The number of rotatable bonds is 7. The molecule has 0 radical (unpaired) electrons. The molecule has 0 bridgehead atoms. The minimum atomic E-state index is 0.0344. The van der Waals surface area contributed by atoms with E-state index >= 15 is 0 Å². The van der Waals surface area contributed by atoms with Gasteiger partial charge in [-0.15, -0.1) is 0 Å². The zero-order chi connectivity index (χ0) is 15.1. The Labute approximate surface area is 124 Å². The van der Waals surface area contributed by atoms with Crippen LogP contribution in [-0.2, 0) is 17.6 Å². The zero-order valence-corrected chi connectivity index (χ0v) is 12.5. The number of amides is 1. The third kappa shape index (κ3) is 4.63. The fraction of sp³-hybridized carbons (Fsp3) is 0.375. The van der Waals surface area contributed by atoms with E-state index in [1.165, 1.54) is 5.56 Å². The summed E-state index contributed by atoms with van der Waals surface area (Å²) >= 11 is 0. The highest BCUT2D eigenvalue weighted by molar-refractivity contribution is 5.78. The number of H-pyrrole nitrogens is 1. The number of benzene rings is 1. The summed E-state index contributed by atoms with van der Waals surface area (Å²) in [5, 5.41) is 9.84. The topological polar surface area (TPSA) is 67.0 Å². The Morgan fingerprint density at radius 3 is 3.00 bits per heavy atom. The van der Waals surface area contributed by atoms with Gasteiger partial charge in [-0.3, -0.25) is 9.89 Å². The smallest absolute Gasteiger partial charge is 0.224 e. The predicted octanol–water partition coefficient (Wildman–Crippen LogP) is 2.02. The lowest BCUT2D eigenvalue weighted by Gasteiger charge is -2.06. The second-order valence-electron chi connectivity index (χ2n) is 5.00. The number of carbonyl (C=O) groups excluding carboxylic acids is 1. The minimum Gasteiger partial charge on any atom is -0.497 e. The molecule has 5 heteroatoms. The van der Waals surface area contributed by atoms with E-state index in [1.54, 1.807) is 7.11 Å². The first-order valence-corrected chi connectivity index (χ1v) is 7.07. The van der Waals surface area contributed by atoms with Gasteiger partial charge in [-0.05, 0) is 43.0 Å². The third-order valence-electron chi connectivity index (χ3n) is 3.38. The molecular formula is C16H21N3O2. The molecular weight excluding hydrogens is 266 g/mol. The van der Waals surface area contributed by atoms with Crippen LogP contribution in [0.25, 0.3) is 0 Å². The molecule has 0 aliphatic rings. The molecule has 0 atom stereocenters. The number of hydrogen-bond donors (Lipinski definition) is 2. The van der Waals surface area contributed by atoms with Gasteiger partial charge in [-0.25, -0.2) is 0 Å². The molecule has 5 nitrogen and oxygen atoms in total. The number of aryl methyl sites for hydroxylation is 2. The molecule has 1 aromatic heterocycles. The largest absolute Gasteiger partial charge is 0.497 e. The van der Waals surface area contributed by atoms with Crippen molar-refractivity contribution in [2.75, 3.05) is 13.7 Å². The molecule has 2 aromatic rings. The van der Waals surface area contributed by atoms with Crippen LogP contribution in [0.5, 0.6) is 5.75 Å². The summed E-state index contributed by atoms with van der Waals surface area (Å²) in [4.78, 5) is 11.9. The SMILES string of the molecule is COc1cccc(CC(=O)NCCCc2cn[nH]c2C)c1. The van der Waals surface area contributed by atoms with Gasteiger partial charge >= 0.3 is 0 Å². The lowest BCUT2D eigenvalue weighted by Crippen LogP contribution is -2.26. The molecule has 0 fully saturated rings. The van der Waals surface area contributed by atoms with E-state index in [2.05, 4.69) is 15.5 Å². The Morgan fingerprint density at radius 1 is 1.43 bits per heavy atom. The Balaban J connectivity index is 1.71. The predicted molar refractivity (Wildman–Crippen MR) is 81.4 cm³/mol. The van der Waals surface area contributed by atoms with Crippen molar-refractivity contribution < 1.29 is 9.53 Å². The van der Waals surface area contributed by atoms with Gasteiger partial charge in [0, 0.05) is 12.2 Å². The summed E-state index contributed by atoms with van der Waals surface area (Å²) in [6, 6.07) is 7.57. The minimum absolute atomic E-state index is 0.0344. The summed E-state index contributed by atoms with van der Waals surface area (Å²) in [7, 11) is 1.62. The molecule has 2 N–H and O–H groups in total. The van der Waals surface area contributed by atoms with E-state index in [0.717, 1.165) is 29.8 Å². The van der Waals surface area contributed by atoms with Crippen molar-refractivity contribution in [2.24, 2.45) is 0 Å². The van der Waals surface area contributed by atoms with Crippen LogP contribution in [0, 0.1) is 6.92 Å². The fourth-order valence-electron chi connectivity index (χ4n) is 2.16. The van der Waals surface area contributed by atoms with Crippen molar-refractivity contribution in [3.8, 4) is 5.75 Å². The molecule has 112 valence electrons. The van der Waals surface area contributed by atoms with Gasteiger partial charge in [0.2, 0.25) is 5.91 Å². The number of nitrogens with zero attached hydrogens (tertiary/aromatic N) is 1. The lowest BCUT2D eigenvalue weighted by molar-refractivity contribution is -0.120. The van der Waals surface area contributed by atoms with E-state index in [-0.39, 0.29) is 5.91 Å². The van der Waals surface area contributed by atoms with Gasteiger partial charge in [0.1, 0.15) is 5.75 Å². The van der Waals surface area contributed by atoms with Crippen LogP contribution >= 0.6 is 0 Å². The van der Waals surface area contributed by atoms with Crippen LogP contribution in [0.1, 0.15) is 23.2 Å². The van der Waals surface area contributed by atoms with Crippen LogP contribution in [0.4, 0.5) is 0 Å². The number of nitrogens with one attached hydrogen (secondary N) is 2. The Kier molecular flexibility index (Phi) is 5.37. The van der Waals surface area contributed by atoms with E-state index in [1.807, 2.05) is 37.4 Å². The van der Waals surface area contributed by atoms with Crippen LogP contribution in [0.2, 0.25) is 0 Å². The van der Waals surface area contributed by atoms with Gasteiger partial charge in [-0.1, -0.05) is 12.1 Å². The van der Waals surface area contributed by atoms with Gasteiger partial charge < -0.3 is 10.1 Å². The van der Waals surface area contributed by atoms with Crippen LogP contribution < -0.4 is 10.1 Å². The van der Waals surface area contributed by atoms with E-state index in [9.17, 15) is 4.79 Å². The Bertz CT molecular complexity index is 593. The van der Waals surface area contributed by atoms with Crippen LogP contribution in [0.3, 0.4) is 0 Å². The first kappa shape index (κ1) is 15.1. The maximum Gasteiger partial charge on any atom is 0.224 e. The average molecular weight is 287 g/mol. The van der Waals surface area contributed by atoms with Gasteiger partial charge in [0.25, 0.3) is 0 Å². The highest BCUT2D eigenvalue weighted by Crippen LogP contribution is 2.12. The normalized spacial score (nSPS) is 10.4. The number of aromatic nitrogens is 2. The number of hydrogen-bond acceptors (Lipinski definition) is 3. The van der Waals surface area contributed by atoms with Crippen molar-refractivity contribution in [1.29, 1.82) is 0 Å². The van der Waals surface area contributed by atoms with E-state index < -0.39 is 0 Å². The van der Waals surface area contributed by atoms with Crippen molar-refractivity contribution in [3.63, 3.8) is 0 Å². The molecule has 0 unspecified atom stereocenters. The first-order chi connectivity index (χ1) is 10.2. The highest BCUT2D eigenvalue weighted by Gasteiger charge is 2.05. The number of ether oxygens (including phenoxy) is 1. The van der Waals surface area contributed by atoms with Gasteiger partial charge in [0.05, 0.1) is 19.7 Å². The monoisotopic (exact) mass is 287 g/mol. The Morgan fingerprint density at radius 2 is 2.29 bits per heavy atom. The molecule has 2 rings (SSSR count). The van der Waals surface area contributed by atoms with Crippen molar-refractivity contribution >= 4 is 5.91 Å². The van der Waals surface area contributed by atoms with Crippen molar-refractivity contribution in [2.45, 2.75) is 26.2 Å². The van der Waals surface area contributed by atoms with E-state index in [0.29, 0.717) is 13.0 Å².